The van der Waals surface area contributed by atoms with Gasteiger partial charge >= 0.3 is 13.3 Å². The molecule has 9 N–H and O–H groups in total. The molecule has 45 heavy (non-hydrogen) atoms. The summed E-state index contributed by atoms with van der Waals surface area (Å²) < 4.78 is 74.9. The molecule has 2 atom stereocenters. The second-order valence-corrected chi connectivity index (χ2v) is 11.0. The Morgan fingerprint density at radius 1 is 1.07 bits per heavy atom. The van der Waals surface area contributed by atoms with Crippen molar-refractivity contribution in [3.8, 4) is 0 Å². The molecule has 0 saturated carbocycles. The fraction of sp³-hybridized carbons (Fsp3) is 0.464. The number of benzene rings is 2. The SMILES string of the molecule is CC1(C)OB(O)c2c1cc(F)c(NC(=O)[C@@H](Cc1ccc(C(F)(F)F)cc1)NC(=O)[C@@H](N)CCC(=O)N(CCN)CCN)c2F. The Kier molecular flexibility index (Phi) is 11.7. The van der Waals surface area contributed by atoms with Crippen LogP contribution in [0.2, 0.25) is 0 Å². The Bertz CT molecular complexity index is 1390. The molecule has 1 aliphatic rings. The molecule has 1 aliphatic heterocycles. The van der Waals surface area contributed by atoms with E-state index < -0.39 is 72.1 Å². The number of carbonyl (C=O) groups is 3. The molecule has 1 heterocycles. The lowest BCUT2D eigenvalue weighted by atomic mass is 9.77. The molecule has 0 radical (unpaired) electrons. The minimum Gasteiger partial charge on any atom is -0.423 e. The van der Waals surface area contributed by atoms with E-state index in [1.165, 1.54) is 18.7 Å². The second kappa shape index (κ2) is 14.6. The highest BCUT2D eigenvalue weighted by Gasteiger charge is 2.45. The van der Waals surface area contributed by atoms with E-state index in [-0.39, 0.29) is 61.5 Å². The number of rotatable bonds is 13. The standard InChI is InChI=1S/C28H36BF5N6O5/c1-27(2)17-14-18(30)24(23(31)22(17)29(44)45-27)39-26(43)20(13-15-3-5-16(6-4-15)28(32,33)34)38-25(42)19(37)7-8-21(41)40(11-9-35)12-10-36/h3-6,14,19-20,44H,7-13,35-37H2,1-2H3,(H,38,42)(H,39,43)/t19-,20+/m0/s1. The van der Waals surface area contributed by atoms with Crippen molar-refractivity contribution in [1.29, 1.82) is 0 Å². The molecule has 3 rings (SSSR count). The lowest BCUT2D eigenvalue weighted by Gasteiger charge is -2.24. The third-order valence-electron chi connectivity index (χ3n) is 7.32. The van der Waals surface area contributed by atoms with Crippen LogP contribution < -0.4 is 33.3 Å². The zero-order valence-electron chi connectivity index (χ0n) is 24.7. The number of hydrogen-bond donors (Lipinski definition) is 6. The van der Waals surface area contributed by atoms with E-state index in [1.807, 2.05) is 0 Å². The molecule has 17 heteroatoms. The van der Waals surface area contributed by atoms with Gasteiger partial charge in [-0.15, -0.1) is 0 Å². The normalized spacial score (nSPS) is 15.3. The average Bonchev–Trinajstić information content (AvgIpc) is 3.19. The minimum absolute atomic E-state index is 0.0228. The van der Waals surface area contributed by atoms with Gasteiger partial charge in [0, 0.05) is 44.5 Å². The molecule has 0 aromatic heterocycles. The predicted molar refractivity (Wildman–Crippen MR) is 156 cm³/mol. The van der Waals surface area contributed by atoms with Gasteiger partial charge in [-0.05, 0) is 49.6 Å². The Hall–Kier alpha value is -3.64. The quantitative estimate of drug-likeness (QED) is 0.134. The van der Waals surface area contributed by atoms with Gasteiger partial charge in [-0.1, -0.05) is 12.1 Å². The summed E-state index contributed by atoms with van der Waals surface area (Å²) in [5.74, 6) is -4.89. The molecule has 0 saturated heterocycles. The van der Waals surface area contributed by atoms with Gasteiger partial charge < -0.3 is 42.4 Å². The third kappa shape index (κ3) is 8.76. The molecule has 0 aliphatic carbocycles. The summed E-state index contributed by atoms with van der Waals surface area (Å²) in [6.45, 7) is 3.83. The van der Waals surface area contributed by atoms with Gasteiger partial charge in [-0.25, -0.2) is 8.78 Å². The number of nitrogens with two attached hydrogens (primary N) is 3. The number of halogens is 5. The Labute approximate surface area is 256 Å². The van der Waals surface area contributed by atoms with Gasteiger partial charge in [0.15, 0.2) is 0 Å². The van der Waals surface area contributed by atoms with E-state index in [9.17, 15) is 32.6 Å². The van der Waals surface area contributed by atoms with E-state index in [0.29, 0.717) is 0 Å². The fourth-order valence-electron chi connectivity index (χ4n) is 4.89. The number of amides is 3. The molecule has 2 aromatic rings. The van der Waals surface area contributed by atoms with E-state index in [2.05, 4.69) is 10.6 Å². The number of anilines is 1. The van der Waals surface area contributed by atoms with Crippen LogP contribution in [0.25, 0.3) is 0 Å². The molecule has 0 fully saturated rings. The maximum atomic E-state index is 15.4. The molecular formula is C28H36BF5N6O5. The van der Waals surface area contributed by atoms with E-state index in [0.717, 1.165) is 30.3 Å². The van der Waals surface area contributed by atoms with Crippen LogP contribution in [0.5, 0.6) is 0 Å². The van der Waals surface area contributed by atoms with Crippen LogP contribution >= 0.6 is 0 Å². The Balaban J connectivity index is 1.83. The highest BCUT2D eigenvalue weighted by atomic mass is 19.4. The topological polar surface area (TPSA) is 186 Å². The van der Waals surface area contributed by atoms with Gasteiger partial charge in [0.2, 0.25) is 17.7 Å². The summed E-state index contributed by atoms with van der Waals surface area (Å²) in [6, 6.07) is 1.75. The van der Waals surface area contributed by atoms with Gasteiger partial charge in [0.1, 0.15) is 23.4 Å². The van der Waals surface area contributed by atoms with Crippen molar-refractivity contribution in [1.82, 2.24) is 10.2 Å². The summed E-state index contributed by atoms with van der Waals surface area (Å²) in [5.41, 5.74) is 13.7. The largest absolute Gasteiger partial charge is 0.495 e. The van der Waals surface area contributed by atoms with Crippen LogP contribution in [0.1, 0.15) is 43.4 Å². The Morgan fingerprint density at radius 2 is 1.67 bits per heavy atom. The third-order valence-corrected chi connectivity index (χ3v) is 7.32. The highest BCUT2D eigenvalue weighted by Crippen LogP contribution is 2.34. The van der Waals surface area contributed by atoms with Crippen LogP contribution in [0.4, 0.5) is 27.6 Å². The summed E-state index contributed by atoms with van der Waals surface area (Å²) in [5, 5.41) is 14.6. The minimum atomic E-state index is -4.62. The van der Waals surface area contributed by atoms with Crippen LogP contribution in [0, 0.1) is 11.6 Å². The number of nitrogens with one attached hydrogen (secondary N) is 2. The van der Waals surface area contributed by atoms with Crippen molar-refractivity contribution in [2.45, 2.75) is 57.0 Å². The highest BCUT2D eigenvalue weighted by molar-refractivity contribution is 6.62. The van der Waals surface area contributed by atoms with Gasteiger partial charge in [-0.3, -0.25) is 14.4 Å². The van der Waals surface area contributed by atoms with Gasteiger partial charge in [0.05, 0.1) is 17.2 Å². The predicted octanol–water partition coefficient (Wildman–Crippen LogP) is 0.456. The number of alkyl halides is 3. The first-order valence-electron chi connectivity index (χ1n) is 14.1. The summed E-state index contributed by atoms with van der Waals surface area (Å²) in [7, 11) is -1.75. The summed E-state index contributed by atoms with van der Waals surface area (Å²) in [4.78, 5) is 40.3. The molecule has 11 nitrogen and oxygen atoms in total. The monoisotopic (exact) mass is 642 g/mol. The number of hydrogen-bond acceptors (Lipinski definition) is 8. The summed E-state index contributed by atoms with van der Waals surface area (Å²) >= 11 is 0. The number of carbonyl (C=O) groups excluding carboxylic acids is 3. The van der Waals surface area contributed by atoms with E-state index in [1.54, 1.807) is 0 Å². The van der Waals surface area contributed by atoms with Crippen LogP contribution in [-0.4, -0.2) is 73.0 Å². The molecule has 0 spiro atoms. The lowest BCUT2D eigenvalue weighted by molar-refractivity contribution is -0.137. The number of nitrogens with zero attached hydrogens (tertiary/aromatic N) is 1. The van der Waals surface area contributed by atoms with E-state index in [4.69, 9.17) is 21.9 Å². The van der Waals surface area contributed by atoms with Crippen molar-refractivity contribution in [2.75, 3.05) is 31.5 Å². The van der Waals surface area contributed by atoms with Gasteiger partial charge in [-0.2, -0.15) is 13.2 Å². The van der Waals surface area contributed by atoms with Crippen LogP contribution in [0.15, 0.2) is 30.3 Å². The first-order valence-corrected chi connectivity index (χ1v) is 14.1. The second-order valence-electron chi connectivity index (χ2n) is 11.0. The van der Waals surface area contributed by atoms with Gasteiger partial charge in [0.25, 0.3) is 0 Å². The molecule has 3 amide bonds. The molecule has 246 valence electrons. The molecule has 2 aromatic carbocycles. The van der Waals surface area contributed by atoms with Crippen molar-refractivity contribution < 1.29 is 46.0 Å². The fourth-order valence-corrected chi connectivity index (χ4v) is 4.89. The maximum Gasteiger partial charge on any atom is 0.495 e. The summed E-state index contributed by atoms with van der Waals surface area (Å²) in [6.07, 6.45) is -5.32. The van der Waals surface area contributed by atoms with Crippen molar-refractivity contribution in [2.24, 2.45) is 17.2 Å². The average molecular weight is 642 g/mol. The molecule has 0 unspecified atom stereocenters. The molecule has 0 bridgehead atoms. The molecular weight excluding hydrogens is 606 g/mol. The maximum absolute atomic E-state index is 15.4. The zero-order chi connectivity index (χ0) is 33.7. The van der Waals surface area contributed by atoms with E-state index >= 15 is 8.78 Å². The van der Waals surface area contributed by atoms with Crippen molar-refractivity contribution in [3.63, 3.8) is 0 Å². The van der Waals surface area contributed by atoms with Crippen molar-refractivity contribution in [3.05, 3.63) is 58.7 Å². The zero-order valence-corrected chi connectivity index (χ0v) is 24.7. The number of fused-ring (bicyclic) bond motifs is 1. The first-order chi connectivity index (χ1) is 21.0. The smallest absolute Gasteiger partial charge is 0.423 e. The van der Waals surface area contributed by atoms with Crippen LogP contribution in [0.3, 0.4) is 0 Å². The Morgan fingerprint density at radius 3 is 2.22 bits per heavy atom. The van der Waals surface area contributed by atoms with Crippen LogP contribution in [-0.2, 0) is 37.2 Å². The van der Waals surface area contributed by atoms with Crippen molar-refractivity contribution >= 4 is 36.0 Å². The lowest BCUT2D eigenvalue weighted by Crippen LogP contribution is -2.51. The first kappa shape index (κ1) is 35.8.